The zero-order chi connectivity index (χ0) is 66.2. The number of unbranched alkanes of at least 4 members (excludes halogenated alkanes) is 20. The van der Waals surface area contributed by atoms with Crippen LogP contribution in [0.2, 0.25) is 0 Å². The van der Waals surface area contributed by atoms with Gasteiger partial charge in [-0.2, -0.15) is 0 Å². The molecular formula is C67H112O23. The van der Waals surface area contributed by atoms with Crippen LogP contribution in [0.4, 0.5) is 0 Å². The van der Waals surface area contributed by atoms with E-state index in [1.165, 1.54) is 7.11 Å². The first kappa shape index (κ1) is 83.9. The number of hydrogen-bond acceptors (Lipinski definition) is 23. The molecule has 0 aliphatic carbocycles. The Morgan fingerprint density at radius 2 is 0.389 bits per heavy atom. The SMILES string of the molecule is C=C(C)C(=O)OCCOCCCCCC(=O)OCCCCCC(=O)OCCCCCC(=O)OCCCCCC(=O)OCCCCCC(=O)OCCCCCC(=O)OCCCCCC(=O)OCCCCCC(=O)OCCCCCC(=O)OCCCCCC(=O)OC. The Kier molecular flexibility index (Phi) is 58.7. The number of carbonyl (C=O) groups excluding carboxylic acids is 11. The first-order valence-electron chi connectivity index (χ1n) is 33.5. The Balaban J connectivity index is 3.51. The quantitative estimate of drug-likeness (QED) is 0.0236. The number of carbonyl (C=O) groups is 11. The molecule has 0 unspecified atom stereocenters. The van der Waals surface area contributed by atoms with E-state index in [0.29, 0.717) is 219 Å². The average molecular weight is 1290 g/mol. The van der Waals surface area contributed by atoms with E-state index in [-0.39, 0.29) is 125 Å². The van der Waals surface area contributed by atoms with Gasteiger partial charge in [-0.3, -0.25) is 47.9 Å². The van der Waals surface area contributed by atoms with Gasteiger partial charge < -0.3 is 56.8 Å². The van der Waals surface area contributed by atoms with Gasteiger partial charge in [0.2, 0.25) is 0 Å². The smallest absolute Gasteiger partial charge is 0.333 e. The van der Waals surface area contributed by atoms with Crippen LogP contribution in [-0.2, 0) is 110 Å². The normalized spacial score (nSPS) is 10.8. The highest BCUT2D eigenvalue weighted by atomic mass is 16.6. The highest BCUT2D eigenvalue weighted by Crippen LogP contribution is 2.12. The molecule has 0 fully saturated rings. The topological polar surface area (TPSA) is 299 Å². The predicted molar refractivity (Wildman–Crippen MR) is 332 cm³/mol. The van der Waals surface area contributed by atoms with Crippen LogP contribution in [0.15, 0.2) is 12.2 Å². The first-order chi connectivity index (χ1) is 43.6. The fourth-order valence-electron chi connectivity index (χ4n) is 8.43. The molecule has 0 saturated carbocycles. The van der Waals surface area contributed by atoms with E-state index in [4.69, 9.17) is 52.1 Å². The second kappa shape index (κ2) is 63.0. The molecule has 0 spiro atoms. The van der Waals surface area contributed by atoms with Crippen molar-refractivity contribution in [3.05, 3.63) is 12.2 Å². The molecule has 0 saturated heterocycles. The van der Waals surface area contributed by atoms with E-state index in [2.05, 4.69) is 11.3 Å². The van der Waals surface area contributed by atoms with Crippen LogP contribution in [-0.4, -0.2) is 152 Å². The van der Waals surface area contributed by atoms with Gasteiger partial charge in [-0.05, 0) is 193 Å². The standard InChI is InChI=1S/C67H112O23/c1-56(2)67(78)90-55-54-80-44-24-4-15-35-58(69)82-46-26-6-17-37-60(71)84-48-28-8-19-39-62(73)86-50-30-10-21-41-64(75)88-52-32-12-23-43-66(77)89-53-33-13-22-42-65(76)87-51-31-11-20-40-63(74)85-49-29-9-18-38-61(72)83-47-27-7-16-36-59(70)81-45-25-5-14-34-57(68)79-3/h1,4-55H2,2-3H3. The third-order valence-electron chi connectivity index (χ3n) is 13.8. The van der Waals surface area contributed by atoms with Crippen molar-refractivity contribution in [2.45, 2.75) is 264 Å². The number of methoxy groups -OCH3 is 1. The first-order valence-corrected chi connectivity index (χ1v) is 33.5. The lowest BCUT2D eigenvalue weighted by molar-refractivity contribution is -0.146. The molecule has 90 heavy (non-hydrogen) atoms. The Morgan fingerprint density at radius 1 is 0.211 bits per heavy atom. The van der Waals surface area contributed by atoms with Gasteiger partial charge in [-0.25, -0.2) is 4.79 Å². The molecule has 0 amide bonds. The van der Waals surface area contributed by atoms with Gasteiger partial charge in [0, 0.05) is 76.4 Å². The molecule has 0 aliphatic heterocycles. The largest absolute Gasteiger partial charge is 0.469 e. The third kappa shape index (κ3) is 62.1. The zero-order valence-corrected chi connectivity index (χ0v) is 54.9. The summed E-state index contributed by atoms with van der Waals surface area (Å²) in [6, 6.07) is 0. The molecule has 0 heterocycles. The zero-order valence-electron chi connectivity index (χ0n) is 54.9. The molecule has 0 bridgehead atoms. The monoisotopic (exact) mass is 1280 g/mol. The van der Waals surface area contributed by atoms with Gasteiger partial charge >= 0.3 is 65.7 Å². The minimum absolute atomic E-state index is 0.183. The minimum Gasteiger partial charge on any atom is -0.469 e. The van der Waals surface area contributed by atoms with Crippen LogP contribution < -0.4 is 0 Å². The Morgan fingerprint density at radius 3 is 0.567 bits per heavy atom. The van der Waals surface area contributed by atoms with E-state index in [1.807, 2.05) is 0 Å². The van der Waals surface area contributed by atoms with Crippen molar-refractivity contribution in [2.24, 2.45) is 0 Å². The van der Waals surface area contributed by atoms with Crippen molar-refractivity contribution >= 4 is 65.7 Å². The van der Waals surface area contributed by atoms with E-state index in [9.17, 15) is 52.7 Å². The summed E-state index contributed by atoms with van der Waals surface area (Å²) >= 11 is 0. The fraction of sp³-hybridized carbons (Fsp3) is 0.806. The van der Waals surface area contributed by atoms with Gasteiger partial charge in [-0.15, -0.1) is 0 Å². The number of esters is 11. The maximum atomic E-state index is 12.1. The summed E-state index contributed by atoms with van der Waals surface area (Å²) in [4.78, 5) is 131. The number of ether oxygens (including phenoxy) is 12. The number of hydrogen-bond donors (Lipinski definition) is 0. The van der Waals surface area contributed by atoms with Crippen LogP contribution in [0.25, 0.3) is 0 Å². The summed E-state index contributed by atoms with van der Waals surface area (Å²) in [5.74, 6) is -3.10. The highest BCUT2D eigenvalue weighted by Gasteiger charge is 2.12. The average Bonchev–Trinajstić information content (AvgIpc) is 3.55. The summed E-state index contributed by atoms with van der Waals surface area (Å²) < 4.78 is 62.4. The lowest BCUT2D eigenvalue weighted by Gasteiger charge is -2.07. The maximum Gasteiger partial charge on any atom is 0.333 e. The third-order valence-corrected chi connectivity index (χ3v) is 13.8. The van der Waals surface area contributed by atoms with Crippen molar-refractivity contribution < 1.29 is 110 Å². The second-order valence-corrected chi connectivity index (χ2v) is 22.2. The Labute approximate surface area is 535 Å². The van der Waals surface area contributed by atoms with E-state index >= 15 is 0 Å². The van der Waals surface area contributed by atoms with Gasteiger partial charge in [0.05, 0.1) is 73.2 Å². The molecule has 518 valence electrons. The van der Waals surface area contributed by atoms with Crippen molar-refractivity contribution in [3.63, 3.8) is 0 Å². The van der Waals surface area contributed by atoms with Crippen LogP contribution in [0.3, 0.4) is 0 Å². The summed E-state index contributed by atoms with van der Waals surface area (Å²) in [7, 11) is 1.36. The molecule has 0 aromatic heterocycles. The summed E-state index contributed by atoms with van der Waals surface area (Å²) in [6.07, 6.45) is 23.6. The van der Waals surface area contributed by atoms with E-state index in [1.54, 1.807) is 6.92 Å². The van der Waals surface area contributed by atoms with Crippen LogP contribution >= 0.6 is 0 Å². The van der Waals surface area contributed by atoms with Crippen molar-refractivity contribution in [2.75, 3.05) is 86.4 Å². The molecule has 0 aromatic carbocycles. The molecule has 23 nitrogen and oxygen atoms in total. The van der Waals surface area contributed by atoms with Crippen LogP contribution in [0, 0.1) is 0 Å². The van der Waals surface area contributed by atoms with Gasteiger partial charge in [0.1, 0.15) is 6.61 Å². The van der Waals surface area contributed by atoms with Crippen molar-refractivity contribution in [3.8, 4) is 0 Å². The lowest BCUT2D eigenvalue weighted by Crippen LogP contribution is -2.11. The molecule has 0 radical (unpaired) electrons. The highest BCUT2D eigenvalue weighted by molar-refractivity contribution is 5.86. The summed E-state index contributed by atoms with van der Waals surface area (Å²) in [5.41, 5.74) is 0.348. The van der Waals surface area contributed by atoms with Crippen LogP contribution in [0.5, 0.6) is 0 Å². The molecule has 0 aliphatic rings. The molecular weight excluding hydrogens is 1170 g/mol. The summed E-state index contributed by atoms with van der Waals surface area (Å²) in [5, 5.41) is 0. The van der Waals surface area contributed by atoms with E-state index in [0.717, 1.165) is 57.8 Å². The molecule has 23 heteroatoms. The summed E-state index contributed by atoms with van der Waals surface area (Å²) in [6.45, 7) is 8.81. The Bertz CT molecular complexity index is 1950. The van der Waals surface area contributed by atoms with Gasteiger partial charge in [-0.1, -0.05) is 13.0 Å². The lowest BCUT2D eigenvalue weighted by atomic mass is 10.2. The molecule has 0 rings (SSSR count). The van der Waals surface area contributed by atoms with Crippen molar-refractivity contribution in [1.29, 1.82) is 0 Å². The van der Waals surface area contributed by atoms with Crippen LogP contribution in [0.1, 0.15) is 264 Å². The second-order valence-electron chi connectivity index (χ2n) is 22.2. The van der Waals surface area contributed by atoms with E-state index < -0.39 is 5.97 Å². The van der Waals surface area contributed by atoms with Gasteiger partial charge in [0.25, 0.3) is 0 Å². The fourth-order valence-corrected chi connectivity index (χ4v) is 8.43. The molecule has 0 N–H and O–H groups in total. The van der Waals surface area contributed by atoms with Crippen molar-refractivity contribution in [1.82, 2.24) is 0 Å². The number of rotatable bonds is 64. The Hall–Kier alpha value is -6.13. The minimum atomic E-state index is -0.433. The predicted octanol–water partition coefficient (Wildman–Crippen LogP) is 11.8. The maximum absolute atomic E-state index is 12.1. The molecule has 0 atom stereocenters. The molecule has 0 aromatic rings. The van der Waals surface area contributed by atoms with Gasteiger partial charge in [0.15, 0.2) is 0 Å².